The molecule has 5 heteroatoms. The Kier molecular flexibility index (Phi) is 4.36. The van der Waals surface area contributed by atoms with Crippen LogP contribution in [0.15, 0.2) is 42.7 Å². The van der Waals surface area contributed by atoms with Gasteiger partial charge in [-0.25, -0.2) is 4.98 Å². The normalized spacial score (nSPS) is 10.8. The fraction of sp³-hybridized carbons (Fsp3) is 0.143. The molecule has 1 aromatic heterocycles. The highest BCUT2D eigenvalue weighted by molar-refractivity contribution is 6.30. The monoisotopic (exact) mass is 275 g/mol. The van der Waals surface area contributed by atoms with Crippen molar-refractivity contribution in [3.05, 3.63) is 53.3 Å². The summed E-state index contributed by atoms with van der Waals surface area (Å²) >= 11 is 5.89. The van der Waals surface area contributed by atoms with Gasteiger partial charge < -0.3 is 4.98 Å². The zero-order chi connectivity index (χ0) is 13.7. The molecule has 2 aromatic rings. The van der Waals surface area contributed by atoms with E-state index in [0.717, 1.165) is 5.56 Å². The number of H-pyrrole nitrogens is 1. The van der Waals surface area contributed by atoms with E-state index in [0.29, 0.717) is 17.5 Å². The standard InChI is InChI=1S/C14H14ClN3O/c1-2-18(14-16-8-9-17-14)13(19)7-6-11-4-3-5-12(15)10-11/h3-10H,2H2,1H3,(H,16,17)/b7-6+. The molecule has 1 aromatic carbocycles. The van der Waals surface area contributed by atoms with Crippen molar-refractivity contribution in [3.63, 3.8) is 0 Å². The molecule has 0 atom stereocenters. The Labute approximate surface area is 116 Å². The molecule has 0 fully saturated rings. The average Bonchev–Trinajstić information content (AvgIpc) is 2.91. The maximum Gasteiger partial charge on any atom is 0.253 e. The van der Waals surface area contributed by atoms with E-state index in [1.165, 1.54) is 6.08 Å². The lowest BCUT2D eigenvalue weighted by molar-refractivity contribution is -0.114. The van der Waals surface area contributed by atoms with Crippen LogP contribution in [0.5, 0.6) is 0 Å². The number of carbonyl (C=O) groups excluding carboxylic acids is 1. The third-order valence-corrected chi connectivity index (χ3v) is 2.82. The van der Waals surface area contributed by atoms with Crippen molar-refractivity contribution >= 4 is 29.5 Å². The van der Waals surface area contributed by atoms with Crippen LogP contribution in [0.25, 0.3) is 6.08 Å². The summed E-state index contributed by atoms with van der Waals surface area (Å²) in [6.07, 6.45) is 6.55. The number of aromatic nitrogens is 2. The van der Waals surface area contributed by atoms with Gasteiger partial charge in [0.1, 0.15) is 0 Å². The molecule has 0 unspecified atom stereocenters. The lowest BCUT2D eigenvalue weighted by atomic mass is 10.2. The van der Waals surface area contributed by atoms with Crippen LogP contribution in [0.3, 0.4) is 0 Å². The van der Waals surface area contributed by atoms with Crippen LogP contribution in [0.2, 0.25) is 5.02 Å². The highest BCUT2D eigenvalue weighted by Gasteiger charge is 2.12. The zero-order valence-electron chi connectivity index (χ0n) is 10.5. The van der Waals surface area contributed by atoms with Crippen LogP contribution in [-0.2, 0) is 4.79 Å². The van der Waals surface area contributed by atoms with Crippen LogP contribution >= 0.6 is 11.6 Å². The number of anilines is 1. The van der Waals surface area contributed by atoms with E-state index >= 15 is 0 Å². The number of hydrogen-bond donors (Lipinski definition) is 1. The van der Waals surface area contributed by atoms with Crippen molar-refractivity contribution in [3.8, 4) is 0 Å². The third kappa shape index (κ3) is 3.45. The number of likely N-dealkylation sites (N-methyl/N-ethyl adjacent to an activating group) is 1. The minimum Gasteiger partial charge on any atom is -0.331 e. The second-order valence-electron chi connectivity index (χ2n) is 3.88. The van der Waals surface area contributed by atoms with Gasteiger partial charge in [0.05, 0.1) is 0 Å². The summed E-state index contributed by atoms with van der Waals surface area (Å²) in [7, 11) is 0. The summed E-state index contributed by atoms with van der Waals surface area (Å²) in [4.78, 5) is 20.6. The molecule has 0 aliphatic carbocycles. The summed E-state index contributed by atoms with van der Waals surface area (Å²) in [5, 5.41) is 0.646. The molecule has 0 radical (unpaired) electrons. The molecular weight excluding hydrogens is 262 g/mol. The van der Waals surface area contributed by atoms with E-state index < -0.39 is 0 Å². The number of rotatable bonds is 4. The maximum atomic E-state index is 12.1. The van der Waals surface area contributed by atoms with Crippen LogP contribution in [0.4, 0.5) is 5.95 Å². The van der Waals surface area contributed by atoms with Crippen molar-refractivity contribution in [2.24, 2.45) is 0 Å². The number of nitrogens with zero attached hydrogens (tertiary/aromatic N) is 2. The Morgan fingerprint density at radius 2 is 2.37 bits per heavy atom. The predicted octanol–water partition coefficient (Wildman–Crippen LogP) is 3.13. The Balaban J connectivity index is 2.12. The fourth-order valence-corrected chi connectivity index (χ4v) is 1.88. The lowest BCUT2D eigenvalue weighted by Crippen LogP contribution is -2.29. The van der Waals surface area contributed by atoms with Gasteiger partial charge in [-0.05, 0) is 30.7 Å². The van der Waals surface area contributed by atoms with Crippen LogP contribution in [0.1, 0.15) is 12.5 Å². The fourth-order valence-electron chi connectivity index (χ4n) is 1.68. The van der Waals surface area contributed by atoms with Gasteiger partial charge in [0.2, 0.25) is 5.95 Å². The molecule has 98 valence electrons. The van der Waals surface area contributed by atoms with Crippen molar-refractivity contribution in [1.29, 1.82) is 0 Å². The minimum atomic E-state index is -0.127. The zero-order valence-corrected chi connectivity index (χ0v) is 11.3. The maximum absolute atomic E-state index is 12.1. The number of aromatic amines is 1. The van der Waals surface area contributed by atoms with Crippen LogP contribution in [-0.4, -0.2) is 22.4 Å². The Morgan fingerprint density at radius 1 is 1.53 bits per heavy atom. The predicted molar refractivity (Wildman–Crippen MR) is 77.1 cm³/mol. The third-order valence-electron chi connectivity index (χ3n) is 2.59. The number of imidazole rings is 1. The smallest absolute Gasteiger partial charge is 0.253 e. The molecule has 0 aliphatic heterocycles. The van der Waals surface area contributed by atoms with E-state index in [4.69, 9.17) is 11.6 Å². The van der Waals surface area contributed by atoms with Gasteiger partial charge in [0.25, 0.3) is 5.91 Å². The molecule has 19 heavy (non-hydrogen) atoms. The summed E-state index contributed by atoms with van der Waals surface area (Å²) in [5.74, 6) is 0.417. The van der Waals surface area contributed by atoms with E-state index in [9.17, 15) is 4.79 Å². The molecule has 2 rings (SSSR count). The number of nitrogens with one attached hydrogen (secondary N) is 1. The number of hydrogen-bond acceptors (Lipinski definition) is 2. The molecule has 0 bridgehead atoms. The largest absolute Gasteiger partial charge is 0.331 e. The molecule has 0 saturated heterocycles. The minimum absolute atomic E-state index is 0.127. The first-order valence-corrected chi connectivity index (χ1v) is 6.33. The molecule has 1 amide bonds. The molecule has 0 aliphatic rings. The quantitative estimate of drug-likeness (QED) is 0.872. The Morgan fingerprint density at radius 3 is 3.00 bits per heavy atom. The second-order valence-corrected chi connectivity index (χ2v) is 4.32. The van der Waals surface area contributed by atoms with Gasteiger partial charge in [0, 0.05) is 30.0 Å². The number of benzene rings is 1. The van der Waals surface area contributed by atoms with Gasteiger partial charge in [-0.2, -0.15) is 0 Å². The van der Waals surface area contributed by atoms with Crippen molar-refractivity contribution in [1.82, 2.24) is 9.97 Å². The first kappa shape index (κ1) is 13.4. The van der Waals surface area contributed by atoms with E-state index in [-0.39, 0.29) is 5.91 Å². The van der Waals surface area contributed by atoms with Gasteiger partial charge >= 0.3 is 0 Å². The topological polar surface area (TPSA) is 49.0 Å². The Hall–Kier alpha value is -2.07. The van der Waals surface area contributed by atoms with Crippen LogP contribution < -0.4 is 4.90 Å². The molecular formula is C14H14ClN3O. The van der Waals surface area contributed by atoms with Crippen molar-refractivity contribution in [2.45, 2.75) is 6.92 Å². The van der Waals surface area contributed by atoms with Crippen LogP contribution in [0, 0.1) is 0 Å². The number of amides is 1. The highest BCUT2D eigenvalue weighted by Crippen LogP contribution is 2.12. The second kappa shape index (κ2) is 6.20. The average molecular weight is 276 g/mol. The molecule has 4 nitrogen and oxygen atoms in total. The SMILES string of the molecule is CCN(C(=O)/C=C/c1cccc(Cl)c1)c1ncc[nH]1. The molecule has 1 heterocycles. The highest BCUT2D eigenvalue weighted by atomic mass is 35.5. The number of carbonyl (C=O) groups is 1. The van der Waals surface area contributed by atoms with Gasteiger partial charge in [-0.3, -0.25) is 9.69 Å². The van der Waals surface area contributed by atoms with Crippen molar-refractivity contribution in [2.75, 3.05) is 11.4 Å². The molecule has 0 spiro atoms. The van der Waals surface area contributed by atoms with Crippen molar-refractivity contribution < 1.29 is 4.79 Å². The summed E-state index contributed by atoms with van der Waals surface area (Å²) in [5.41, 5.74) is 0.886. The van der Waals surface area contributed by atoms with E-state index in [1.54, 1.807) is 35.5 Å². The summed E-state index contributed by atoms with van der Waals surface area (Å²) in [6, 6.07) is 7.33. The van der Waals surface area contributed by atoms with E-state index in [1.807, 2.05) is 19.1 Å². The van der Waals surface area contributed by atoms with Gasteiger partial charge in [-0.1, -0.05) is 23.7 Å². The first-order valence-electron chi connectivity index (χ1n) is 5.95. The van der Waals surface area contributed by atoms with Gasteiger partial charge in [-0.15, -0.1) is 0 Å². The molecule has 1 N–H and O–H groups in total. The Bertz CT molecular complexity index is 578. The molecule has 0 saturated carbocycles. The lowest BCUT2D eigenvalue weighted by Gasteiger charge is -2.15. The van der Waals surface area contributed by atoms with Gasteiger partial charge in [0.15, 0.2) is 0 Å². The number of halogens is 1. The first-order chi connectivity index (χ1) is 9.20. The summed E-state index contributed by atoms with van der Waals surface area (Å²) < 4.78 is 0. The summed E-state index contributed by atoms with van der Waals surface area (Å²) in [6.45, 7) is 2.44. The van der Waals surface area contributed by atoms with E-state index in [2.05, 4.69) is 9.97 Å².